The predicted octanol–water partition coefficient (Wildman–Crippen LogP) is 5.77. The van der Waals surface area contributed by atoms with Crippen LogP contribution >= 0.6 is 0 Å². The first-order valence-electron chi connectivity index (χ1n) is 10.8. The van der Waals surface area contributed by atoms with Crippen LogP contribution in [0.5, 0.6) is 0 Å². The van der Waals surface area contributed by atoms with Crippen LogP contribution in [0.25, 0.3) is 0 Å². The lowest BCUT2D eigenvalue weighted by Crippen LogP contribution is -2.18. The zero-order valence-electron chi connectivity index (χ0n) is 18.7. The third-order valence-electron chi connectivity index (χ3n) is 5.32. The molecule has 6 heteroatoms. The number of carbonyl (C=O) groups excluding carboxylic acids is 1. The number of nitrogens with zero attached hydrogens (tertiary/aromatic N) is 2. The SMILES string of the molecule is COC(=O)C(Cc1cnc(Nc2ccccc2)nc1Nc1ccccc1)c1ccc(C)cc1. The molecule has 0 amide bonds. The first-order valence-corrected chi connectivity index (χ1v) is 10.8. The Morgan fingerprint density at radius 1 is 0.879 bits per heavy atom. The minimum Gasteiger partial charge on any atom is -0.469 e. The smallest absolute Gasteiger partial charge is 0.313 e. The highest BCUT2D eigenvalue weighted by atomic mass is 16.5. The van der Waals surface area contributed by atoms with E-state index >= 15 is 0 Å². The number of nitrogens with one attached hydrogen (secondary N) is 2. The maximum absolute atomic E-state index is 12.7. The number of anilines is 4. The molecule has 0 radical (unpaired) electrons. The van der Waals surface area contributed by atoms with Crippen LogP contribution in [0.4, 0.5) is 23.1 Å². The van der Waals surface area contributed by atoms with E-state index in [1.54, 1.807) is 6.20 Å². The highest BCUT2D eigenvalue weighted by Gasteiger charge is 2.24. The second kappa shape index (κ2) is 10.4. The summed E-state index contributed by atoms with van der Waals surface area (Å²) < 4.78 is 5.12. The van der Waals surface area contributed by atoms with Gasteiger partial charge in [0, 0.05) is 23.1 Å². The summed E-state index contributed by atoms with van der Waals surface area (Å²) in [6.07, 6.45) is 2.16. The molecule has 1 atom stereocenters. The number of hydrogen-bond acceptors (Lipinski definition) is 6. The van der Waals surface area contributed by atoms with Crippen LogP contribution in [-0.2, 0) is 16.0 Å². The van der Waals surface area contributed by atoms with Gasteiger partial charge in [-0.2, -0.15) is 4.98 Å². The van der Waals surface area contributed by atoms with Gasteiger partial charge in [-0.1, -0.05) is 66.2 Å². The van der Waals surface area contributed by atoms with Gasteiger partial charge in [0.25, 0.3) is 0 Å². The number of carbonyl (C=O) groups is 1. The van der Waals surface area contributed by atoms with Gasteiger partial charge in [0.2, 0.25) is 5.95 Å². The molecule has 1 heterocycles. The summed E-state index contributed by atoms with van der Waals surface area (Å²) >= 11 is 0. The third-order valence-corrected chi connectivity index (χ3v) is 5.32. The molecule has 166 valence electrons. The van der Waals surface area contributed by atoms with Gasteiger partial charge in [-0.25, -0.2) is 4.98 Å². The molecule has 33 heavy (non-hydrogen) atoms. The molecule has 2 N–H and O–H groups in total. The lowest BCUT2D eigenvalue weighted by Gasteiger charge is -2.18. The molecule has 4 aromatic rings. The summed E-state index contributed by atoms with van der Waals surface area (Å²) in [5.41, 5.74) is 4.63. The highest BCUT2D eigenvalue weighted by Crippen LogP contribution is 2.28. The van der Waals surface area contributed by atoms with Crippen molar-refractivity contribution in [3.8, 4) is 0 Å². The largest absolute Gasteiger partial charge is 0.469 e. The minimum absolute atomic E-state index is 0.295. The quantitative estimate of drug-likeness (QED) is 0.340. The number of para-hydroxylation sites is 2. The lowest BCUT2D eigenvalue weighted by atomic mass is 9.92. The molecule has 1 unspecified atom stereocenters. The van der Waals surface area contributed by atoms with Crippen LogP contribution in [-0.4, -0.2) is 23.0 Å². The number of aryl methyl sites for hydroxylation is 1. The molecule has 0 spiro atoms. The molecule has 3 aromatic carbocycles. The molecule has 6 nitrogen and oxygen atoms in total. The normalized spacial score (nSPS) is 11.5. The van der Waals surface area contributed by atoms with Gasteiger partial charge in [-0.3, -0.25) is 4.79 Å². The Labute approximate surface area is 193 Å². The Morgan fingerprint density at radius 2 is 1.48 bits per heavy atom. The van der Waals surface area contributed by atoms with Crippen LogP contribution in [0.2, 0.25) is 0 Å². The number of rotatable bonds is 8. The molecular weight excluding hydrogens is 412 g/mol. The van der Waals surface area contributed by atoms with Gasteiger partial charge in [0.05, 0.1) is 13.0 Å². The minimum atomic E-state index is -0.469. The summed E-state index contributed by atoms with van der Waals surface area (Å²) in [5, 5.41) is 6.61. The molecule has 1 aromatic heterocycles. The summed E-state index contributed by atoms with van der Waals surface area (Å²) in [6, 6.07) is 27.5. The lowest BCUT2D eigenvalue weighted by molar-refractivity contribution is -0.142. The fraction of sp³-hybridized carbons (Fsp3) is 0.148. The standard InChI is InChI=1S/C27H26N4O2/c1-19-13-15-20(16-14-19)24(26(32)33-2)17-21-18-28-27(30-23-11-7-4-8-12-23)31-25(21)29-22-9-5-3-6-10-22/h3-16,18,24H,17H2,1-2H3,(H2,28,29,30,31). The number of esters is 1. The maximum Gasteiger partial charge on any atom is 0.313 e. The highest BCUT2D eigenvalue weighted by molar-refractivity contribution is 5.79. The molecular formula is C27H26N4O2. The Bertz CT molecular complexity index is 1200. The first kappa shape index (κ1) is 22.0. The molecule has 0 saturated heterocycles. The summed E-state index contributed by atoms with van der Waals surface area (Å²) in [7, 11) is 1.41. The van der Waals surface area contributed by atoms with Crippen molar-refractivity contribution in [2.45, 2.75) is 19.3 Å². The summed E-state index contributed by atoms with van der Waals surface area (Å²) in [6.45, 7) is 2.02. The van der Waals surface area contributed by atoms with E-state index in [0.29, 0.717) is 18.2 Å². The average molecular weight is 439 g/mol. The predicted molar refractivity (Wildman–Crippen MR) is 131 cm³/mol. The average Bonchev–Trinajstić information content (AvgIpc) is 2.85. The van der Waals surface area contributed by atoms with E-state index in [-0.39, 0.29) is 5.97 Å². The van der Waals surface area contributed by atoms with Crippen LogP contribution < -0.4 is 10.6 Å². The Hall–Kier alpha value is -4.19. The van der Waals surface area contributed by atoms with E-state index in [1.807, 2.05) is 91.9 Å². The van der Waals surface area contributed by atoms with Crippen molar-refractivity contribution in [1.29, 1.82) is 0 Å². The van der Waals surface area contributed by atoms with Gasteiger partial charge in [0.1, 0.15) is 5.82 Å². The number of benzene rings is 3. The van der Waals surface area contributed by atoms with Gasteiger partial charge in [0.15, 0.2) is 0 Å². The van der Waals surface area contributed by atoms with Gasteiger partial charge < -0.3 is 15.4 Å². The second-order valence-corrected chi connectivity index (χ2v) is 7.74. The van der Waals surface area contributed by atoms with Crippen molar-refractivity contribution in [2.75, 3.05) is 17.7 Å². The van der Waals surface area contributed by atoms with E-state index in [2.05, 4.69) is 15.6 Å². The molecule has 0 aliphatic carbocycles. The second-order valence-electron chi connectivity index (χ2n) is 7.74. The third kappa shape index (κ3) is 5.74. The van der Waals surface area contributed by atoms with Crippen molar-refractivity contribution in [1.82, 2.24) is 9.97 Å². The van der Waals surface area contributed by atoms with Gasteiger partial charge in [-0.05, 0) is 43.2 Å². The number of methoxy groups -OCH3 is 1. The zero-order valence-corrected chi connectivity index (χ0v) is 18.7. The summed E-state index contributed by atoms with van der Waals surface area (Å²) in [4.78, 5) is 21.9. The first-order chi connectivity index (χ1) is 16.1. The Morgan fingerprint density at radius 3 is 2.09 bits per heavy atom. The number of aromatic nitrogens is 2. The van der Waals surface area contributed by atoms with E-state index in [9.17, 15) is 4.79 Å². The van der Waals surface area contributed by atoms with Crippen molar-refractivity contribution in [2.24, 2.45) is 0 Å². The monoisotopic (exact) mass is 438 g/mol. The number of hydrogen-bond donors (Lipinski definition) is 2. The van der Waals surface area contributed by atoms with Crippen LogP contribution in [0, 0.1) is 6.92 Å². The van der Waals surface area contributed by atoms with E-state index in [4.69, 9.17) is 9.72 Å². The van der Waals surface area contributed by atoms with Crippen LogP contribution in [0.1, 0.15) is 22.6 Å². The molecule has 0 aliphatic heterocycles. The van der Waals surface area contributed by atoms with Crippen molar-refractivity contribution in [3.05, 3.63) is 108 Å². The molecule has 0 bridgehead atoms. The number of ether oxygens (including phenoxy) is 1. The fourth-order valence-electron chi connectivity index (χ4n) is 3.53. The van der Waals surface area contributed by atoms with Gasteiger partial charge >= 0.3 is 5.97 Å². The molecule has 0 saturated carbocycles. The van der Waals surface area contributed by atoms with E-state index in [1.165, 1.54) is 7.11 Å². The molecule has 0 aliphatic rings. The van der Waals surface area contributed by atoms with Crippen molar-refractivity contribution >= 4 is 29.1 Å². The topological polar surface area (TPSA) is 76.1 Å². The maximum atomic E-state index is 12.7. The van der Waals surface area contributed by atoms with Crippen molar-refractivity contribution < 1.29 is 9.53 Å². The van der Waals surface area contributed by atoms with Crippen LogP contribution in [0.3, 0.4) is 0 Å². The van der Waals surface area contributed by atoms with E-state index < -0.39 is 5.92 Å². The molecule has 0 fully saturated rings. The van der Waals surface area contributed by atoms with Crippen molar-refractivity contribution in [3.63, 3.8) is 0 Å². The Kier molecular flexibility index (Phi) is 6.95. The van der Waals surface area contributed by atoms with Crippen LogP contribution in [0.15, 0.2) is 91.1 Å². The van der Waals surface area contributed by atoms with E-state index in [0.717, 1.165) is 28.1 Å². The fourth-order valence-corrected chi connectivity index (χ4v) is 3.53. The zero-order chi connectivity index (χ0) is 23.0. The summed E-state index contributed by atoms with van der Waals surface area (Å²) in [5.74, 6) is 0.337. The van der Waals surface area contributed by atoms with Gasteiger partial charge in [-0.15, -0.1) is 0 Å². The molecule has 4 rings (SSSR count). The Balaban J connectivity index is 1.68.